The zero-order valence-corrected chi connectivity index (χ0v) is 14.0. The average molecular weight is 300 g/mol. The van der Waals surface area contributed by atoms with Gasteiger partial charge in [0.15, 0.2) is 0 Å². The summed E-state index contributed by atoms with van der Waals surface area (Å²) in [4.78, 5) is 23.7. The Hall–Kier alpha value is -1.06. The second-order valence-electron chi connectivity index (χ2n) is 5.49. The Kier molecular flexibility index (Phi) is 13.2. The highest BCUT2D eigenvalue weighted by molar-refractivity contribution is 5.79. The van der Waals surface area contributed by atoms with Gasteiger partial charge in [-0.15, -0.1) is 0 Å². The van der Waals surface area contributed by atoms with Gasteiger partial charge in [0.25, 0.3) is 0 Å². The van der Waals surface area contributed by atoms with Crippen LogP contribution in [0.25, 0.3) is 0 Å². The fourth-order valence-corrected chi connectivity index (χ4v) is 2.09. The highest BCUT2D eigenvalue weighted by Gasteiger charge is 2.23. The molecule has 0 heterocycles. The number of rotatable bonds is 13. The smallest absolute Gasteiger partial charge is 0.309 e. The Morgan fingerprint density at radius 2 is 1.43 bits per heavy atom. The van der Waals surface area contributed by atoms with Crippen LogP contribution in [0.2, 0.25) is 0 Å². The fraction of sp³-hybridized carbons (Fsp3) is 0.882. The minimum atomic E-state index is -0.345. The van der Waals surface area contributed by atoms with E-state index in [9.17, 15) is 9.59 Å². The third-order valence-corrected chi connectivity index (χ3v) is 3.32. The van der Waals surface area contributed by atoms with Gasteiger partial charge in [-0.2, -0.15) is 0 Å². The van der Waals surface area contributed by atoms with Gasteiger partial charge in [-0.1, -0.05) is 52.9 Å². The van der Waals surface area contributed by atoms with E-state index in [1.54, 1.807) is 0 Å². The van der Waals surface area contributed by atoms with Crippen molar-refractivity contribution in [3.8, 4) is 0 Å². The molecule has 0 saturated carbocycles. The molecule has 0 aliphatic heterocycles. The van der Waals surface area contributed by atoms with Crippen LogP contribution in [-0.4, -0.2) is 25.2 Å². The van der Waals surface area contributed by atoms with Gasteiger partial charge in [0, 0.05) is 0 Å². The van der Waals surface area contributed by atoms with Crippen molar-refractivity contribution in [3.63, 3.8) is 0 Å². The monoisotopic (exact) mass is 300 g/mol. The molecule has 0 amide bonds. The van der Waals surface area contributed by atoms with Crippen LogP contribution in [0.15, 0.2) is 0 Å². The van der Waals surface area contributed by atoms with Gasteiger partial charge in [0.2, 0.25) is 0 Å². The second kappa shape index (κ2) is 13.9. The van der Waals surface area contributed by atoms with Gasteiger partial charge in [-0.05, 0) is 19.3 Å². The van der Waals surface area contributed by atoms with E-state index in [0.29, 0.717) is 19.6 Å². The molecule has 4 nitrogen and oxygen atoms in total. The number of ether oxygens (including phenoxy) is 2. The number of hydrogen-bond acceptors (Lipinski definition) is 4. The SMILES string of the molecule is CCCCCCCC(CC(=O)OCCC)C(=O)OCCC. The molecule has 0 spiro atoms. The highest BCUT2D eigenvalue weighted by Crippen LogP contribution is 2.17. The van der Waals surface area contributed by atoms with Gasteiger partial charge in [0.05, 0.1) is 25.6 Å². The molecule has 0 N–H and O–H groups in total. The number of unbranched alkanes of at least 4 members (excludes halogenated alkanes) is 4. The predicted octanol–water partition coefficient (Wildman–Crippen LogP) is 4.26. The van der Waals surface area contributed by atoms with Crippen LogP contribution in [0.3, 0.4) is 0 Å². The van der Waals surface area contributed by atoms with Crippen LogP contribution >= 0.6 is 0 Å². The van der Waals surface area contributed by atoms with Gasteiger partial charge in [0.1, 0.15) is 0 Å². The first-order chi connectivity index (χ1) is 10.2. The summed E-state index contributed by atoms with van der Waals surface area (Å²) in [7, 11) is 0. The summed E-state index contributed by atoms with van der Waals surface area (Å²) in [6.45, 7) is 6.94. The van der Waals surface area contributed by atoms with E-state index in [0.717, 1.165) is 25.7 Å². The molecule has 0 aromatic carbocycles. The minimum Gasteiger partial charge on any atom is -0.466 e. The van der Waals surface area contributed by atoms with Gasteiger partial charge in [-0.25, -0.2) is 0 Å². The molecule has 0 aliphatic rings. The first-order valence-corrected chi connectivity index (χ1v) is 8.47. The molecule has 1 unspecified atom stereocenters. The number of carbonyl (C=O) groups is 2. The largest absolute Gasteiger partial charge is 0.466 e. The summed E-state index contributed by atoms with van der Waals surface area (Å²) in [5, 5.41) is 0. The third-order valence-electron chi connectivity index (χ3n) is 3.32. The Labute approximate surface area is 129 Å². The van der Waals surface area contributed by atoms with Crippen molar-refractivity contribution in [3.05, 3.63) is 0 Å². The van der Waals surface area contributed by atoms with Crippen LogP contribution < -0.4 is 0 Å². The zero-order valence-electron chi connectivity index (χ0n) is 14.0. The lowest BCUT2D eigenvalue weighted by atomic mass is 9.97. The van der Waals surface area contributed by atoms with Crippen LogP contribution in [0.1, 0.15) is 78.6 Å². The van der Waals surface area contributed by atoms with Crippen molar-refractivity contribution in [1.29, 1.82) is 0 Å². The van der Waals surface area contributed by atoms with Crippen LogP contribution in [0, 0.1) is 5.92 Å². The van der Waals surface area contributed by atoms with Gasteiger partial charge < -0.3 is 9.47 Å². The van der Waals surface area contributed by atoms with Crippen molar-refractivity contribution >= 4 is 11.9 Å². The standard InChI is InChI=1S/C17H32O4/c1-4-7-8-9-10-11-15(17(19)21-13-6-3)14-16(18)20-12-5-2/h15H,4-14H2,1-3H3. The quantitative estimate of drug-likeness (QED) is 0.377. The second-order valence-corrected chi connectivity index (χ2v) is 5.49. The molecule has 0 fully saturated rings. The molecular formula is C17H32O4. The van der Waals surface area contributed by atoms with E-state index >= 15 is 0 Å². The highest BCUT2D eigenvalue weighted by atomic mass is 16.5. The molecule has 0 saturated heterocycles. The van der Waals surface area contributed by atoms with Crippen LogP contribution in [0.5, 0.6) is 0 Å². The Balaban J connectivity index is 4.19. The normalized spacial score (nSPS) is 12.0. The number of hydrogen-bond donors (Lipinski definition) is 0. The van der Waals surface area contributed by atoms with Crippen LogP contribution in [-0.2, 0) is 19.1 Å². The maximum atomic E-state index is 12.0. The lowest BCUT2D eigenvalue weighted by molar-refractivity contribution is -0.155. The summed E-state index contributed by atoms with van der Waals surface area (Å²) in [6, 6.07) is 0. The lowest BCUT2D eigenvalue weighted by Gasteiger charge is -2.15. The topological polar surface area (TPSA) is 52.6 Å². The van der Waals surface area contributed by atoms with Gasteiger partial charge >= 0.3 is 11.9 Å². The zero-order chi connectivity index (χ0) is 15.9. The van der Waals surface area contributed by atoms with E-state index < -0.39 is 0 Å². The number of esters is 2. The first-order valence-electron chi connectivity index (χ1n) is 8.47. The summed E-state index contributed by atoms with van der Waals surface area (Å²) in [5.41, 5.74) is 0. The molecular weight excluding hydrogens is 268 g/mol. The number of carbonyl (C=O) groups excluding carboxylic acids is 2. The van der Waals surface area contributed by atoms with Crippen molar-refractivity contribution < 1.29 is 19.1 Å². The predicted molar refractivity (Wildman–Crippen MR) is 84.0 cm³/mol. The average Bonchev–Trinajstić information content (AvgIpc) is 2.49. The van der Waals surface area contributed by atoms with Crippen molar-refractivity contribution in [2.24, 2.45) is 5.92 Å². The van der Waals surface area contributed by atoms with Crippen molar-refractivity contribution in [2.75, 3.05) is 13.2 Å². The third kappa shape index (κ3) is 11.3. The van der Waals surface area contributed by atoms with E-state index in [1.165, 1.54) is 19.3 Å². The van der Waals surface area contributed by atoms with E-state index in [1.807, 2.05) is 13.8 Å². The Bertz CT molecular complexity index is 276. The molecule has 21 heavy (non-hydrogen) atoms. The molecule has 124 valence electrons. The minimum absolute atomic E-state index is 0.149. The maximum Gasteiger partial charge on any atom is 0.309 e. The molecule has 1 atom stereocenters. The van der Waals surface area contributed by atoms with E-state index in [2.05, 4.69) is 6.92 Å². The molecule has 4 heteroatoms. The summed E-state index contributed by atoms with van der Waals surface area (Å²) in [5.74, 6) is -0.882. The first kappa shape index (κ1) is 19.9. The molecule has 0 rings (SSSR count). The fourth-order valence-electron chi connectivity index (χ4n) is 2.09. The molecule has 0 aromatic rings. The molecule has 0 aliphatic carbocycles. The Morgan fingerprint density at radius 1 is 0.810 bits per heavy atom. The molecule has 0 radical (unpaired) electrons. The Morgan fingerprint density at radius 3 is 2.05 bits per heavy atom. The van der Waals surface area contributed by atoms with E-state index in [4.69, 9.17) is 9.47 Å². The lowest BCUT2D eigenvalue weighted by Crippen LogP contribution is -2.22. The van der Waals surface area contributed by atoms with E-state index in [-0.39, 0.29) is 24.3 Å². The van der Waals surface area contributed by atoms with Crippen molar-refractivity contribution in [1.82, 2.24) is 0 Å². The molecule has 0 aromatic heterocycles. The summed E-state index contributed by atoms with van der Waals surface area (Å²) < 4.78 is 10.3. The summed E-state index contributed by atoms with van der Waals surface area (Å²) >= 11 is 0. The van der Waals surface area contributed by atoms with Crippen molar-refractivity contribution in [2.45, 2.75) is 78.6 Å². The maximum absolute atomic E-state index is 12.0. The molecule has 0 bridgehead atoms. The van der Waals surface area contributed by atoms with Gasteiger partial charge in [-0.3, -0.25) is 9.59 Å². The van der Waals surface area contributed by atoms with Crippen LogP contribution in [0.4, 0.5) is 0 Å². The summed E-state index contributed by atoms with van der Waals surface area (Å²) in [6.07, 6.45) is 8.15.